The van der Waals surface area contributed by atoms with Crippen molar-refractivity contribution in [3.63, 3.8) is 0 Å². The molecule has 4 nitrogen and oxygen atoms in total. The molecule has 0 saturated carbocycles. The zero-order valence-corrected chi connectivity index (χ0v) is 14.1. The molecule has 2 aromatic rings. The van der Waals surface area contributed by atoms with E-state index in [-0.39, 0.29) is 5.91 Å². The Morgan fingerprint density at radius 2 is 1.83 bits per heavy atom. The van der Waals surface area contributed by atoms with Crippen LogP contribution in [0.5, 0.6) is 0 Å². The van der Waals surface area contributed by atoms with Crippen LogP contribution in [0.15, 0.2) is 42.5 Å². The smallest absolute Gasteiger partial charge is 0.227 e. The number of hydrogen-bond donors (Lipinski definition) is 1. The molecule has 2 aromatic carbocycles. The highest BCUT2D eigenvalue weighted by atomic mass is 16.2. The minimum absolute atomic E-state index is 0.267. The van der Waals surface area contributed by atoms with E-state index < -0.39 is 0 Å². The number of fused-ring (bicyclic) bond motifs is 1. The van der Waals surface area contributed by atoms with Gasteiger partial charge < -0.3 is 10.2 Å². The van der Waals surface area contributed by atoms with Crippen molar-refractivity contribution in [1.29, 1.82) is 0 Å². The fourth-order valence-electron chi connectivity index (χ4n) is 3.95. The van der Waals surface area contributed by atoms with E-state index in [2.05, 4.69) is 45.4 Å². The van der Waals surface area contributed by atoms with Crippen molar-refractivity contribution in [2.45, 2.75) is 18.9 Å². The van der Waals surface area contributed by atoms with Crippen LogP contribution >= 0.6 is 0 Å². The monoisotopic (exact) mass is 323 g/mol. The summed E-state index contributed by atoms with van der Waals surface area (Å²) in [7, 11) is 0. The largest absolute Gasteiger partial charge is 0.341 e. The molecule has 0 radical (unpaired) electrons. The van der Waals surface area contributed by atoms with E-state index in [9.17, 15) is 4.79 Å². The van der Waals surface area contributed by atoms with Crippen molar-refractivity contribution >= 4 is 16.7 Å². The lowest BCUT2D eigenvalue weighted by atomic mass is 10.0. The summed E-state index contributed by atoms with van der Waals surface area (Å²) in [6.07, 6.45) is 1.63. The number of nitrogens with zero attached hydrogens (tertiary/aromatic N) is 2. The molecule has 0 spiro atoms. The number of carbonyl (C=O) groups is 1. The lowest BCUT2D eigenvalue weighted by Gasteiger charge is -2.32. The van der Waals surface area contributed by atoms with Gasteiger partial charge in [0.2, 0.25) is 5.91 Å². The van der Waals surface area contributed by atoms with Crippen molar-refractivity contribution in [3.8, 4) is 0 Å². The molecule has 4 heteroatoms. The van der Waals surface area contributed by atoms with E-state index in [1.807, 2.05) is 12.1 Å². The average Bonchev–Trinajstić information content (AvgIpc) is 3.13. The zero-order chi connectivity index (χ0) is 16.4. The van der Waals surface area contributed by atoms with Crippen molar-refractivity contribution in [2.75, 3.05) is 39.3 Å². The molecule has 0 bridgehead atoms. The molecule has 4 rings (SSSR count). The Hall–Kier alpha value is -1.91. The Balaban J connectivity index is 1.38. The second kappa shape index (κ2) is 6.91. The first-order chi connectivity index (χ1) is 11.8. The van der Waals surface area contributed by atoms with Crippen LogP contribution in [0.1, 0.15) is 12.0 Å². The quantitative estimate of drug-likeness (QED) is 0.937. The van der Waals surface area contributed by atoms with Crippen LogP contribution in [0.3, 0.4) is 0 Å². The first-order valence-corrected chi connectivity index (χ1v) is 9.00. The van der Waals surface area contributed by atoms with Gasteiger partial charge in [0.1, 0.15) is 0 Å². The highest BCUT2D eigenvalue weighted by Gasteiger charge is 2.30. The highest BCUT2D eigenvalue weighted by molar-refractivity contribution is 5.85. The minimum Gasteiger partial charge on any atom is -0.341 e. The Kier molecular flexibility index (Phi) is 4.50. The lowest BCUT2D eigenvalue weighted by molar-refractivity contribution is -0.129. The number of amides is 1. The fourth-order valence-corrected chi connectivity index (χ4v) is 3.95. The topological polar surface area (TPSA) is 35.6 Å². The number of hydrogen-bond acceptors (Lipinski definition) is 3. The van der Waals surface area contributed by atoms with Crippen molar-refractivity contribution < 1.29 is 4.79 Å². The van der Waals surface area contributed by atoms with Gasteiger partial charge in [-0.25, -0.2) is 0 Å². The number of rotatable bonds is 3. The summed E-state index contributed by atoms with van der Waals surface area (Å²) in [5.41, 5.74) is 1.12. The second-order valence-electron chi connectivity index (χ2n) is 6.93. The Morgan fingerprint density at radius 3 is 2.67 bits per heavy atom. The predicted octanol–water partition coefficient (Wildman–Crippen LogP) is 1.89. The van der Waals surface area contributed by atoms with Gasteiger partial charge in [0.15, 0.2) is 0 Å². The summed E-state index contributed by atoms with van der Waals surface area (Å²) in [5, 5.41) is 5.84. The summed E-state index contributed by atoms with van der Waals surface area (Å²) < 4.78 is 0. The van der Waals surface area contributed by atoms with Crippen LogP contribution < -0.4 is 5.32 Å². The SMILES string of the molecule is O=C(Cc1ccc2ccccc2c1)N1CCC(N2CCNCC2)C1. The van der Waals surface area contributed by atoms with Gasteiger partial charge in [0, 0.05) is 45.3 Å². The third kappa shape index (κ3) is 3.30. The summed E-state index contributed by atoms with van der Waals surface area (Å²) >= 11 is 0. The van der Waals surface area contributed by atoms with Crippen molar-refractivity contribution in [1.82, 2.24) is 15.1 Å². The van der Waals surface area contributed by atoms with E-state index in [0.29, 0.717) is 12.5 Å². The lowest BCUT2D eigenvalue weighted by Crippen LogP contribution is -2.49. The Labute approximate surface area is 143 Å². The highest BCUT2D eigenvalue weighted by Crippen LogP contribution is 2.19. The zero-order valence-electron chi connectivity index (χ0n) is 14.1. The minimum atomic E-state index is 0.267. The molecule has 1 unspecified atom stereocenters. The summed E-state index contributed by atoms with van der Waals surface area (Å²) in [6, 6.07) is 15.2. The Morgan fingerprint density at radius 1 is 1.04 bits per heavy atom. The number of likely N-dealkylation sites (tertiary alicyclic amines) is 1. The molecule has 126 valence electrons. The van der Waals surface area contributed by atoms with Gasteiger partial charge in [0.05, 0.1) is 6.42 Å². The first-order valence-electron chi connectivity index (χ1n) is 9.00. The fraction of sp³-hybridized carbons (Fsp3) is 0.450. The molecule has 0 aliphatic carbocycles. The van der Waals surface area contributed by atoms with Gasteiger partial charge in [-0.15, -0.1) is 0 Å². The van der Waals surface area contributed by atoms with E-state index in [1.165, 1.54) is 10.8 Å². The van der Waals surface area contributed by atoms with Gasteiger partial charge in [-0.2, -0.15) is 0 Å². The van der Waals surface area contributed by atoms with Crippen LogP contribution in [-0.2, 0) is 11.2 Å². The van der Waals surface area contributed by atoms with Crippen molar-refractivity contribution in [2.24, 2.45) is 0 Å². The molecular formula is C20H25N3O. The molecule has 1 N–H and O–H groups in total. The molecule has 1 amide bonds. The molecule has 2 saturated heterocycles. The number of carbonyl (C=O) groups excluding carboxylic acids is 1. The molecule has 1 atom stereocenters. The maximum absolute atomic E-state index is 12.7. The van der Waals surface area contributed by atoms with Crippen LogP contribution in [-0.4, -0.2) is 61.0 Å². The van der Waals surface area contributed by atoms with Crippen LogP contribution in [0.2, 0.25) is 0 Å². The third-order valence-electron chi connectivity index (χ3n) is 5.35. The molecule has 24 heavy (non-hydrogen) atoms. The first kappa shape index (κ1) is 15.6. The number of nitrogens with one attached hydrogen (secondary N) is 1. The number of piperazine rings is 1. The molecule has 2 fully saturated rings. The molecule has 2 aliphatic rings. The van der Waals surface area contributed by atoms with Crippen LogP contribution in [0.4, 0.5) is 0 Å². The van der Waals surface area contributed by atoms with Gasteiger partial charge in [-0.05, 0) is 22.8 Å². The molecule has 2 heterocycles. The third-order valence-corrected chi connectivity index (χ3v) is 5.35. The van der Waals surface area contributed by atoms with Gasteiger partial charge >= 0.3 is 0 Å². The summed E-state index contributed by atoms with van der Waals surface area (Å²) in [6.45, 7) is 6.16. The molecular weight excluding hydrogens is 298 g/mol. The molecule has 0 aromatic heterocycles. The normalized spacial score (nSPS) is 22.2. The number of benzene rings is 2. The van der Waals surface area contributed by atoms with E-state index >= 15 is 0 Å². The standard InChI is InChI=1S/C20H25N3O/c24-20(14-16-5-6-17-3-1-2-4-18(17)13-16)23-10-7-19(15-23)22-11-8-21-9-12-22/h1-6,13,19,21H,7-12,14-15H2. The van der Waals surface area contributed by atoms with E-state index in [0.717, 1.165) is 51.3 Å². The molecule has 2 aliphatic heterocycles. The maximum atomic E-state index is 12.7. The van der Waals surface area contributed by atoms with E-state index in [4.69, 9.17) is 0 Å². The van der Waals surface area contributed by atoms with Gasteiger partial charge in [-0.3, -0.25) is 9.69 Å². The average molecular weight is 323 g/mol. The maximum Gasteiger partial charge on any atom is 0.227 e. The summed E-state index contributed by atoms with van der Waals surface area (Å²) in [4.78, 5) is 17.3. The predicted molar refractivity (Wildman–Crippen MR) is 97.1 cm³/mol. The van der Waals surface area contributed by atoms with Gasteiger partial charge in [0.25, 0.3) is 0 Å². The van der Waals surface area contributed by atoms with Crippen LogP contribution in [0.25, 0.3) is 10.8 Å². The van der Waals surface area contributed by atoms with E-state index in [1.54, 1.807) is 0 Å². The van der Waals surface area contributed by atoms with Gasteiger partial charge in [-0.1, -0.05) is 42.5 Å². The summed E-state index contributed by atoms with van der Waals surface area (Å²) in [5.74, 6) is 0.267. The Bertz CT molecular complexity index is 724. The second-order valence-corrected chi connectivity index (χ2v) is 6.93. The van der Waals surface area contributed by atoms with Crippen LogP contribution in [0, 0.1) is 0 Å². The van der Waals surface area contributed by atoms with Crippen molar-refractivity contribution in [3.05, 3.63) is 48.0 Å².